The Morgan fingerprint density at radius 2 is 1.80 bits per heavy atom. The molecule has 0 saturated carbocycles. The number of aliphatic carboxylic acids is 1. The molecule has 3 nitrogen and oxygen atoms in total. The monoisotopic (exact) mass is 290 g/mol. The fourth-order valence-electron chi connectivity index (χ4n) is 2.36. The second kappa shape index (κ2) is 6.18. The molecule has 2 unspecified atom stereocenters. The first-order chi connectivity index (χ1) is 9.50. The molecule has 0 saturated heterocycles. The molecule has 2 aromatic carbocycles. The van der Waals surface area contributed by atoms with Crippen molar-refractivity contribution < 1.29 is 14.1 Å². The third-order valence-electron chi connectivity index (χ3n) is 3.31. The maximum Gasteiger partial charge on any atom is 0.319 e. The first-order valence-corrected chi connectivity index (χ1v) is 7.95. The third kappa shape index (κ3) is 3.07. The zero-order chi connectivity index (χ0) is 14.7. The lowest BCUT2D eigenvalue weighted by Gasteiger charge is -2.16. The fraction of sp³-hybridized carbons (Fsp3) is 0.312. The zero-order valence-electron chi connectivity index (χ0n) is 11.6. The Kier molecular flexibility index (Phi) is 4.55. The Labute approximate surface area is 121 Å². The van der Waals surface area contributed by atoms with E-state index in [1.165, 1.54) is 0 Å². The summed E-state index contributed by atoms with van der Waals surface area (Å²) in [5.74, 6) is -0.863. The molecule has 20 heavy (non-hydrogen) atoms. The predicted molar refractivity (Wildman–Crippen MR) is 82.1 cm³/mol. The highest BCUT2D eigenvalue weighted by atomic mass is 32.2. The number of fused-ring (bicyclic) bond motifs is 1. The van der Waals surface area contributed by atoms with E-state index < -0.39 is 22.0 Å². The van der Waals surface area contributed by atoms with Crippen molar-refractivity contribution >= 4 is 27.5 Å². The van der Waals surface area contributed by atoms with Gasteiger partial charge in [0.15, 0.2) is 0 Å². The third-order valence-corrected chi connectivity index (χ3v) is 5.22. The minimum Gasteiger partial charge on any atom is -0.480 e. The summed E-state index contributed by atoms with van der Waals surface area (Å²) in [6.07, 6.45) is 0. The number of hydrogen-bond donors (Lipinski definition) is 1. The quantitative estimate of drug-likeness (QED) is 0.920. The van der Waals surface area contributed by atoms with Gasteiger partial charge in [-0.05, 0) is 22.3 Å². The minimum atomic E-state index is -1.42. The van der Waals surface area contributed by atoms with Crippen LogP contribution in [0.15, 0.2) is 42.5 Å². The summed E-state index contributed by atoms with van der Waals surface area (Å²) in [5.41, 5.74) is 0.938. The molecule has 2 rings (SSSR count). The minimum absolute atomic E-state index is 0.150. The van der Waals surface area contributed by atoms with E-state index in [9.17, 15) is 14.1 Å². The van der Waals surface area contributed by atoms with Gasteiger partial charge in [-0.25, -0.2) is 0 Å². The largest absolute Gasteiger partial charge is 0.480 e. The molecule has 0 heterocycles. The van der Waals surface area contributed by atoms with E-state index in [2.05, 4.69) is 0 Å². The summed E-state index contributed by atoms with van der Waals surface area (Å²) in [7, 11) is -1.42. The van der Waals surface area contributed by atoms with E-state index in [1.807, 2.05) is 42.5 Å². The van der Waals surface area contributed by atoms with Crippen molar-refractivity contribution in [3.63, 3.8) is 0 Å². The Balaban J connectivity index is 2.32. The lowest BCUT2D eigenvalue weighted by molar-refractivity contribution is -0.137. The van der Waals surface area contributed by atoms with Crippen LogP contribution in [0.1, 0.15) is 19.4 Å². The van der Waals surface area contributed by atoms with Gasteiger partial charge in [-0.2, -0.15) is 0 Å². The number of hydrogen-bond acceptors (Lipinski definition) is 2. The van der Waals surface area contributed by atoms with Crippen molar-refractivity contribution in [2.45, 2.75) is 24.9 Å². The van der Waals surface area contributed by atoms with Crippen LogP contribution >= 0.6 is 0 Å². The molecular formula is C16H18O3S. The summed E-state index contributed by atoms with van der Waals surface area (Å²) in [6, 6.07) is 13.7. The van der Waals surface area contributed by atoms with Crippen molar-refractivity contribution in [3.05, 3.63) is 48.0 Å². The molecule has 0 radical (unpaired) electrons. The van der Waals surface area contributed by atoms with E-state index >= 15 is 0 Å². The number of carboxylic acid groups (broad SMARTS) is 1. The van der Waals surface area contributed by atoms with Gasteiger partial charge < -0.3 is 5.11 Å². The van der Waals surface area contributed by atoms with E-state index in [4.69, 9.17) is 0 Å². The first-order valence-electron chi connectivity index (χ1n) is 6.57. The highest BCUT2D eigenvalue weighted by molar-refractivity contribution is 7.85. The lowest BCUT2D eigenvalue weighted by Crippen LogP contribution is -2.31. The van der Waals surface area contributed by atoms with Crippen LogP contribution in [0.4, 0.5) is 0 Å². The van der Waals surface area contributed by atoms with Crippen LogP contribution in [0.3, 0.4) is 0 Å². The molecule has 4 heteroatoms. The molecule has 0 aliphatic carbocycles. The van der Waals surface area contributed by atoms with Crippen LogP contribution in [-0.2, 0) is 21.3 Å². The van der Waals surface area contributed by atoms with Gasteiger partial charge in [-0.15, -0.1) is 0 Å². The van der Waals surface area contributed by atoms with Crippen LogP contribution in [0.5, 0.6) is 0 Å². The van der Waals surface area contributed by atoms with Crippen molar-refractivity contribution in [1.29, 1.82) is 0 Å². The van der Waals surface area contributed by atoms with Crippen LogP contribution in [-0.4, -0.2) is 20.5 Å². The summed E-state index contributed by atoms with van der Waals surface area (Å²) < 4.78 is 12.4. The molecule has 1 N–H and O–H groups in total. The van der Waals surface area contributed by atoms with E-state index in [0.29, 0.717) is 0 Å². The molecular weight excluding hydrogens is 272 g/mol. The van der Waals surface area contributed by atoms with Gasteiger partial charge in [0.05, 0.1) is 5.75 Å². The molecule has 0 aliphatic rings. The van der Waals surface area contributed by atoms with Gasteiger partial charge in [0.25, 0.3) is 0 Å². The first kappa shape index (κ1) is 14.7. The molecule has 0 aromatic heterocycles. The van der Waals surface area contributed by atoms with Gasteiger partial charge in [-0.1, -0.05) is 56.3 Å². The van der Waals surface area contributed by atoms with Crippen molar-refractivity contribution in [3.8, 4) is 0 Å². The standard InChI is InChI=1S/C16H18O3S/c1-11(2)15(16(17)18)20(19)10-13-8-5-7-12-6-3-4-9-14(12)13/h3-9,11,15H,10H2,1-2H3,(H,17,18). The molecule has 0 fully saturated rings. The summed E-state index contributed by atoms with van der Waals surface area (Å²) in [4.78, 5) is 11.2. The van der Waals surface area contributed by atoms with Crippen LogP contribution < -0.4 is 0 Å². The number of carboxylic acids is 1. The average Bonchev–Trinajstić information content (AvgIpc) is 2.38. The van der Waals surface area contributed by atoms with Crippen molar-refractivity contribution in [2.75, 3.05) is 0 Å². The van der Waals surface area contributed by atoms with Gasteiger partial charge in [0.2, 0.25) is 0 Å². The highest BCUT2D eigenvalue weighted by Crippen LogP contribution is 2.22. The van der Waals surface area contributed by atoms with Gasteiger partial charge in [0.1, 0.15) is 5.25 Å². The Morgan fingerprint density at radius 1 is 1.15 bits per heavy atom. The topological polar surface area (TPSA) is 54.4 Å². The predicted octanol–water partition coefficient (Wildman–Crippen LogP) is 3.20. The van der Waals surface area contributed by atoms with Gasteiger partial charge in [0, 0.05) is 10.8 Å². The Hall–Kier alpha value is -1.68. The second-order valence-electron chi connectivity index (χ2n) is 5.17. The number of rotatable bonds is 5. The smallest absolute Gasteiger partial charge is 0.319 e. The van der Waals surface area contributed by atoms with E-state index in [0.717, 1.165) is 16.3 Å². The van der Waals surface area contributed by atoms with Crippen LogP contribution in [0.25, 0.3) is 10.8 Å². The molecule has 0 aliphatic heterocycles. The molecule has 0 spiro atoms. The maximum absolute atomic E-state index is 12.4. The van der Waals surface area contributed by atoms with Crippen LogP contribution in [0.2, 0.25) is 0 Å². The Bertz CT molecular complexity index is 644. The molecule has 0 bridgehead atoms. The zero-order valence-corrected chi connectivity index (χ0v) is 12.4. The molecule has 2 aromatic rings. The normalized spacial score (nSPS) is 14.3. The average molecular weight is 290 g/mol. The maximum atomic E-state index is 12.4. The van der Waals surface area contributed by atoms with E-state index in [1.54, 1.807) is 13.8 Å². The number of benzene rings is 2. The van der Waals surface area contributed by atoms with Gasteiger partial charge in [-0.3, -0.25) is 9.00 Å². The Morgan fingerprint density at radius 3 is 2.45 bits per heavy atom. The lowest BCUT2D eigenvalue weighted by atomic mass is 10.1. The summed E-state index contributed by atoms with van der Waals surface area (Å²) in [6.45, 7) is 3.58. The number of carbonyl (C=O) groups is 1. The summed E-state index contributed by atoms with van der Waals surface area (Å²) in [5, 5.41) is 10.5. The molecule has 2 atom stereocenters. The van der Waals surface area contributed by atoms with Gasteiger partial charge >= 0.3 is 5.97 Å². The van der Waals surface area contributed by atoms with Crippen molar-refractivity contribution in [1.82, 2.24) is 0 Å². The van der Waals surface area contributed by atoms with E-state index in [-0.39, 0.29) is 11.7 Å². The molecule has 106 valence electrons. The highest BCUT2D eigenvalue weighted by Gasteiger charge is 2.28. The molecule has 0 amide bonds. The SMILES string of the molecule is CC(C)C(C(=O)O)S(=O)Cc1cccc2ccccc12. The second-order valence-corrected chi connectivity index (χ2v) is 6.72. The van der Waals surface area contributed by atoms with Crippen LogP contribution in [0, 0.1) is 5.92 Å². The van der Waals surface area contributed by atoms with Crippen molar-refractivity contribution in [2.24, 2.45) is 5.92 Å². The fourth-order valence-corrected chi connectivity index (χ4v) is 3.93. The summed E-state index contributed by atoms with van der Waals surface area (Å²) >= 11 is 0.